The molecule has 9 nitrogen and oxygen atoms in total. The fraction of sp³-hybridized carbons (Fsp3) is 0.444. The number of aryl methyl sites for hydroxylation is 1. The molecule has 1 amide bonds. The average Bonchev–Trinajstić information content (AvgIpc) is 2.62. The van der Waals surface area contributed by atoms with Crippen LogP contribution in [0.1, 0.15) is 24.0 Å². The molecule has 0 aliphatic carbocycles. The molecule has 1 aromatic rings. The van der Waals surface area contributed by atoms with Crippen LogP contribution in [0, 0.1) is 17.9 Å². The monoisotopic (exact) mass is 428 g/mol. The minimum atomic E-state index is -3.22. The highest BCUT2D eigenvalue weighted by atomic mass is 32.3. The number of likely N-dealkylation sites (N-methyl/N-ethyl adjacent to an activating group) is 1. The van der Waals surface area contributed by atoms with Gasteiger partial charge < -0.3 is 15.6 Å². The molecule has 4 N–H and O–H groups in total. The molecule has 1 atom stereocenters. The number of amides is 1. The molecule has 3 rings (SSSR count). The Bertz CT molecular complexity index is 887. The smallest absolute Gasteiger partial charge is 0.324 e. The van der Waals surface area contributed by atoms with Crippen LogP contribution in [0.2, 0.25) is 0 Å². The first kappa shape index (κ1) is 21.5. The molecule has 0 bridgehead atoms. The van der Waals surface area contributed by atoms with E-state index in [0.29, 0.717) is 24.0 Å². The number of halogens is 1. The van der Waals surface area contributed by atoms with Crippen LogP contribution in [0.4, 0.5) is 4.39 Å². The van der Waals surface area contributed by atoms with E-state index >= 15 is 0 Å². The van der Waals surface area contributed by atoms with Crippen molar-refractivity contribution in [3.05, 3.63) is 51.8 Å². The number of rotatable bonds is 3. The predicted octanol–water partition coefficient (Wildman–Crippen LogP) is 2.60. The number of guanidine groups is 1. The average molecular weight is 428 g/mol. The standard InChI is InChI=1S/C18H25FN4O5S/c1-12-5-6-13(9-14(12)19)10-20-17(25)16-15(24)11-23(2,26)18(21-16)22-7-3-4-8-29(22,27)28/h5-6,9,24,27-28H,3-4,7-8,10-11H2,1-2H3,(H,20,25). The van der Waals surface area contributed by atoms with E-state index in [-0.39, 0.29) is 30.5 Å². The topological polar surface area (TPSA) is 128 Å². The van der Waals surface area contributed by atoms with Gasteiger partial charge in [-0.2, -0.15) is 4.99 Å². The van der Waals surface area contributed by atoms with Gasteiger partial charge in [0.1, 0.15) is 12.4 Å². The molecule has 2 heterocycles. The Kier molecular flexibility index (Phi) is 5.88. The van der Waals surface area contributed by atoms with E-state index in [4.69, 9.17) is 0 Å². The lowest BCUT2D eigenvalue weighted by molar-refractivity contribution is -0.769. The lowest BCUT2D eigenvalue weighted by Gasteiger charge is -2.52. The molecule has 1 fully saturated rings. The number of carbonyl (C=O) groups is 1. The summed E-state index contributed by atoms with van der Waals surface area (Å²) in [5, 5.41) is 25.6. The fourth-order valence-electron chi connectivity index (χ4n) is 3.23. The lowest BCUT2D eigenvalue weighted by Crippen LogP contribution is -2.57. The maximum absolute atomic E-state index is 13.7. The third kappa shape index (κ3) is 4.54. The number of quaternary nitrogens is 1. The van der Waals surface area contributed by atoms with E-state index in [9.17, 15) is 28.6 Å². The zero-order valence-electron chi connectivity index (χ0n) is 16.3. The summed E-state index contributed by atoms with van der Waals surface area (Å²) in [7, 11) is -1.99. The van der Waals surface area contributed by atoms with Gasteiger partial charge in [0.05, 0.1) is 12.8 Å². The van der Waals surface area contributed by atoms with Crippen LogP contribution >= 0.6 is 10.8 Å². The van der Waals surface area contributed by atoms with Gasteiger partial charge >= 0.3 is 5.96 Å². The van der Waals surface area contributed by atoms with Gasteiger partial charge in [-0.25, -0.2) is 8.70 Å². The zero-order chi connectivity index (χ0) is 21.4. The number of hydrogen-bond donors (Lipinski definition) is 4. The molecular formula is C18H25FN4O5S. The van der Waals surface area contributed by atoms with Crippen molar-refractivity contribution in [1.82, 2.24) is 9.62 Å². The Morgan fingerprint density at radius 3 is 2.79 bits per heavy atom. The number of aliphatic hydroxyl groups excluding tert-OH is 1. The summed E-state index contributed by atoms with van der Waals surface area (Å²) < 4.78 is 34.3. The van der Waals surface area contributed by atoms with Crippen LogP contribution in [0.25, 0.3) is 0 Å². The number of aliphatic hydroxyl groups is 1. The van der Waals surface area contributed by atoms with E-state index in [1.807, 2.05) is 0 Å². The van der Waals surface area contributed by atoms with Crippen LogP contribution < -0.4 is 5.32 Å². The van der Waals surface area contributed by atoms with Gasteiger partial charge in [-0.3, -0.25) is 18.5 Å². The van der Waals surface area contributed by atoms with Crippen molar-refractivity contribution in [3.63, 3.8) is 0 Å². The predicted molar refractivity (Wildman–Crippen MR) is 108 cm³/mol. The molecule has 0 saturated carbocycles. The Morgan fingerprint density at radius 1 is 1.41 bits per heavy atom. The first-order chi connectivity index (χ1) is 13.5. The molecule has 0 radical (unpaired) electrons. The Morgan fingerprint density at radius 2 is 2.14 bits per heavy atom. The summed E-state index contributed by atoms with van der Waals surface area (Å²) in [6.07, 6.45) is 1.25. The molecule has 2 aliphatic heterocycles. The minimum Gasteiger partial charge on any atom is -0.625 e. The van der Waals surface area contributed by atoms with E-state index < -0.39 is 39.5 Å². The van der Waals surface area contributed by atoms with Crippen molar-refractivity contribution in [1.29, 1.82) is 0 Å². The third-order valence-electron chi connectivity index (χ3n) is 4.87. The minimum absolute atomic E-state index is 0.0000679. The van der Waals surface area contributed by atoms with Crippen LogP contribution in [-0.4, -0.2) is 60.9 Å². The molecule has 1 unspecified atom stereocenters. The second-order valence-electron chi connectivity index (χ2n) is 7.38. The number of aliphatic imine (C=N–C) groups is 1. The Balaban J connectivity index is 1.82. The number of nitrogens with zero attached hydrogens (tertiary/aromatic N) is 3. The van der Waals surface area contributed by atoms with E-state index in [1.54, 1.807) is 19.1 Å². The highest BCUT2D eigenvalue weighted by Crippen LogP contribution is 2.48. The Labute approximate surface area is 169 Å². The van der Waals surface area contributed by atoms with Crippen molar-refractivity contribution in [3.8, 4) is 0 Å². The third-order valence-corrected chi connectivity index (χ3v) is 6.76. The highest BCUT2D eigenvalue weighted by molar-refractivity contribution is 8.22. The SMILES string of the molecule is Cc1ccc(CNC(=O)C2=C(O)C[N+](C)([O-])C(N3CCCCS3(O)O)=N2)cc1F. The van der Waals surface area contributed by atoms with Crippen LogP contribution in [-0.2, 0) is 11.3 Å². The first-order valence-electron chi connectivity index (χ1n) is 9.16. The molecule has 0 spiro atoms. The highest BCUT2D eigenvalue weighted by Gasteiger charge is 2.41. The molecule has 1 saturated heterocycles. The maximum Gasteiger partial charge on any atom is 0.324 e. The summed E-state index contributed by atoms with van der Waals surface area (Å²) in [5.74, 6) is -1.75. The molecule has 160 valence electrons. The number of hydroxylamine groups is 3. The van der Waals surface area contributed by atoms with Crippen molar-refractivity contribution in [2.45, 2.75) is 26.3 Å². The van der Waals surface area contributed by atoms with Gasteiger partial charge in [0.25, 0.3) is 5.91 Å². The summed E-state index contributed by atoms with van der Waals surface area (Å²) in [6.45, 7) is 1.38. The van der Waals surface area contributed by atoms with Gasteiger partial charge in [0.2, 0.25) is 0 Å². The normalized spacial score (nSPS) is 25.4. The van der Waals surface area contributed by atoms with Crippen molar-refractivity contribution in [2.75, 3.05) is 25.9 Å². The summed E-state index contributed by atoms with van der Waals surface area (Å²) >= 11 is 0. The van der Waals surface area contributed by atoms with Crippen LogP contribution in [0.5, 0.6) is 0 Å². The number of benzene rings is 1. The van der Waals surface area contributed by atoms with Gasteiger partial charge in [-0.15, -0.1) is 10.8 Å². The molecule has 0 aromatic heterocycles. The number of nitrogens with one attached hydrogen (secondary N) is 1. The molecule has 2 aliphatic rings. The van der Waals surface area contributed by atoms with E-state index in [1.165, 1.54) is 13.1 Å². The van der Waals surface area contributed by atoms with Gasteiger partial charge in [-0.05, 0) is 37.0 Å². The second kappa shape index (κ2) is 7.92. The molecular weight excluding hydrogens is 403 g/mol. The number of hydrogen-bond acceptors (Lipinski definition) is 7. The zero-order valence-corrected chi connectivity index (χ0v) is 17.1. The second-order valence-corrected chi connectivity index (χ2v) is 9.49. The largest absolute Gasteiger partial charge is 0.625 e. The summed E-state index contributed by atoms with van der Waals surface area (Å²) in [4.78, 5) is 16.6. The molecule has 11 heteroatoms. The van der Waals surface area contributed by atoms with Crippen molar-refractivity contribution < 1.29 is 28.0 Å². The van der Waals surface area contributed by atoms with Crippen LogP contribution in [0.3, 0.4) is 0 Å². The van der Waals surface area contributed by atoms with Crippen LogP contribution in [0.15, 0.2) is 34.6 Å². The first-order valence-corrected chi connectivity index (χ1v) is 10.8. The number of carbonyl (C=O) groups excluding carboxylic acids is 1. The molecule has 29 heavy (non-hydrogen) atoms. The quantitative estimate of drug-likeness (QED) is 0.433. The van der Waals surface area contributed by atoms with E-state index in [0.717, 1.165) is 4.31 Å². The molecule has 1 aromatic carbocycles. The van der Waals surface area contributed by atoms with Gasteiger partial charge in [0, 0.05) is 13.1 Å². The lowest BCUT2D eigenvalue weighted by atomic mass is 10.1. The van der Waals surface area contributed by atoms with E-state index in [2.05, 4.69) is 10.3 Å². The van der Waals surface area contributed by atoms with Crippen molar-refractivity contribution >= 4 is 22.6 Å². The van der Waals surface area contributed by atoms with Crippen molar-refractivity contribution in [2.24, 2.45) is 4.99 Å². The maximum atomic E-state index is 13.7. The van der Waals surface area contributed by atoms with Gasteiger partial charge in [-0.1, -0.05) is 12.1 Å². The fourth-order valence-corrected chi connectivity index (χ4v) is 4.93. The Hall–Kier alpha value is -2.18. The van der Waals surface area contributed by atoms with Gasteiger partial charge in [0.15, 0.2) is 11.5 Å². The summed E-state index contributed by atoms with van der Waals surface area (Å²) in [5.41, 5.74) is 0.644. The summed E-state index contributed by atoms with van der Waals surface area (Å²) in [6, 6.07) is 4.55.